The Morgan fingerprint density at radius 2 is 2.36 bits per heavy atom. The number of benzene rings is 1. The van der Waals surface area contributed by atoms with Gasteiger partial charge in [0, 0.05) is 26.2 Å². The van der Waals surface area contributed by atoms with Gasteiger partial charge in [-0.25, -0.2) is 0 Å². The molecule has 2 aliphatic carbocycles. The lowest BCUT2D eigenvalue weighted by Gasteiger charge is -2.57. The van der Waals surface area contributed by atoms with E-state index in [2.05, 4.69) is 0 Å². The Morgan fingerprint density at radius 3 is 3.18 bits per heavy atom. The number of methoxy groups -OCH3 is 1. The third kappa shape index (κ3) is 1.27. The zero-order valence-electron chi connectivity index (χ0n) is 14.9. The molecule has 4 aliphatic rings. The summed E-state index contributed by atoms with van der Waals surface area (Å²) in [6.45, 7) is 0.702. The maximum Gasteiger partial charge on any atom is 0.174 e. The van der Waals surface area contributed by atoms with Crippen molar-refractivity contribution in [2.75, 3.05) is 20.7 Å². The topological polar surface area (TPSA) is 38.8 Å². The molecule has 4 heteroatoms. The van der Waals surface area contributed by atoms with Crippen LogP contribution in [0.25, 0.3) is 0 Å². The molecule has 4 atom stereocenters. The summed E-state index contributed by atoms with van der Waals surface area (Å²) in [6, 6.07) is 2.83. The van der Waals surface area contributed by atoms with E-state index < -0.39 is 23.4 Å². The first-order chi connectivity index (χ1) is 11.4. The summed E-state index contributed by atoms with van der Waals surface area (Å²) >= 11 is 0. The summed E-state index contributed by atoms with van der Waals surface area (Å²) in [7, 11) is 3.54. The van der Waals surface area contributed by atoms with Crippen LogP contribution < -0.4 is 9.47 Å². The number of hydrogen-bond donors (Lipinski definition) is 0. The Kier molecular flexibility index (Phi) is 2.03. The lowest BCUT2D eigenvalue weighted by atomic mass is 9.52. The molecule has 2 bridgehead atoms. The summed E-state index contributed by atoms with van der Waals surface area (Å²) in [5, 5.41) is 0. The number of ether oxygens (including phenoxy) is 2. The summed E-state index contributed by atoms with van der Waals surface area (Å²) in [5.74, 6) is 0.286. The fraction of sp³-hybridized carbons (Fsp3) is 0.611. The number of nitrogens with zero attached hydrogens (tertiary/aromatic N) is 1. The average Bonchev–Trinajstić information content (AvgIpc) is 2.92. The lowest BCUT2D eigenvalue weighted by Crippen LogP contribution is -2.65. The summed E-state index contributed by atoms with van der Waals surface area (Å²) in [5.41, 5.74) is 1.30. The van der Waals surface area contributed by atoms with E-state index in [-0.39, 0.29) is 5.78 Å². The number of likely N-dealkylation sites (N-methyl/N-ethyl adjacent to an activating group) is 1. The third-order valence-electron chi connectivity index (χ3n) is 6.02. The van der Waals surface area contributed by atoms with Crippen LogP contribution in [-0.2, 0) is 16.6 Å². The van der Waals surface area contributed by atoms with Crippen LogP contribution in [0.3, 0.4) is 0 Å². The van der Waals surface area contributed by atoms with Gasteiger partial charge < -0.3 is 14.4 Å². The quantitative estimate of drug-likeness (QED) is 0.794. The molecule has 1 aromatic carbocycles. The van der Waals surface area contributed by atoms with Gasteiger partial charge >= 0.3 is 0 Å². The minimum atomic E-state index is -1.05. The highest BCUT2D eigenvalue weighted by atomic mass is 16.5. The molecule has 1 saturated carbocycles. The number of likely N-dealkylation sites (tertiary alicyclic amines) is 1. The van der Waals surface area contributed by atoms with E-state index >= 15 is 0 Å². The van der Waals surface area contributed by atoms with E-state index in [0.717, 1.165) is 11.1 Å². The molecule has 1 aromatic rings. The summed E-state index contributed by atoms with van der Waals surface area (Å²) in [6.07, 6.45) is 1.27. The van der Waals surface area contributed by atoms with E-state index in [1.54, 1.807) is 7.11 Å². The fourth-order valence-corrected chi connectivity index (χ4v) is 5.06. The molecule has 0 amide bonds. The molecule has 1 saturated heterocycles. The van der Waals surface area contributed by atoms with Crippen LogP contribution in [0.5, 0.6) is 11.5 Å². The van der Waals surface area contributed by atoms with Gasteiger partial charge in [-0.05, 0) is 50.4 Å². The molecule has 1 spiro atoms. The van der Waals surface area contributed by atoms with Crippen LogP contribution in [0.2, 0.25) is 0 Å². The van der Waals surface area contributed by atoms with Crippen molar-refractivity contribution in [3.8, 4) is 11.5 Å². The van der Waals surface area contributed by atoms with Gasteiger partial charge in [0.05, 0.1) is 7.11 Å². The van der Waals surface area contributed by atoms with Gasteiger partial charge in [0.1, 0.15) is 0 Å². The molecule has 0 N–H and O–H groups in total. The van der Waals surface area contributed by atoms with E-state index in [4.69, 9.17) is 9.47 Å². The van der Waals surface area contributed by atoms with Crippen molar-refractivity contribution < 1.29 is 17.0 Å². The van der Waals surface area contributed by atoms with Crippen molar-refractivity contribution in [1.29, 1.82) is 0 Å². The highest BCUT2D eigenvalue weighted by Gasteiger charge is 2.65. The van der Waals surface area contributed by atoms with Gasteiger partial charge in [-0.3, -0.25) is 4.79 Å². The van der Waals surface area contributed by atoms with Crippen molar-refractivity contribution in [3.05, 3.63) is 23.3 Å². The Hall–Kier alpha value is -1.55. The van der Waals surface area contributed by atoms with Gasteiger partial charge in [-0.15, -0.1) is 0 Å². The van der Waals surface area contributed by atoms with E-state index in [0.29, 0.717) is 43.7 Å². The first-order valence-electron chi connectivity index (χ1n) is 9.00. The van der Waals surface area contributed by atoms with Crippen LogP contribution in [0.4, 0.5) is 0 Å². The number of rotatable bonds is 1. The normalized spacial score (nSPS) is 46.5. The smallest absolute Gasteiger partial charge is 0.174 e. The second kappa shape index (κ2) is 4.05. The molecular formula is C18H21NO3. The van der Waals surface area contributed by atoms with Gasteiger partial charge in [0.2, 0.25) is 0 Å². The number of Topliss-reactive ketones (excluding diaryl/α,β-unsaturated/α-hetero) is 1. The molecule has 2 fully saturated rings. The lowest BCUT2D eigenvalue weighted by molar-refractivity contribution is -0.138. The van der Waals surface area contributed by atoms with Crippen LogP contribution in [0.15, 0.2) is 12.1 Å². The average molecular weight is 301 g/mol. The van der Waals surface area contributed by atoms with Gasteiger partial charge in [-0.2, -0.15) is 0 Å². The minimum Gasteiger partial charge on any atom is -0.493 e. The maximum absolute atomic E-state index is 12.7. The van der Waals surface area contributed by atoms with E-state index in [1.165, 1.54) is 0 Å². The number of carbonyl (C=O) groups excluding carboxylic acids is 1. The second-order valence-corrected chi connectivity index (χ2v) is 6.84. The Labute approximate surface area is 133 Å². The van der Waals surface area contributed by atoms with Crippen molar-refractivity contribution in [3.63, 3.8) is 0 Å². The van der Waals surface area contributed by atoms with Crippen LogP contribution in [0, 0.1) is 5.89 Å². The van der Waals surface area contributed by atoms with Gasteiger partial charge in [0.25, 0.3) is 0 Å². The molecular weight excluding hydrogens is 278 g/mol. The van der Waals surface area contributed by atoms with Crippen LogP contribution >= 0.6 is 0 Å². The highest BCUT2D eigenvalue weighted by molar-refractivity contribution is 5.89. The number of hydrogen-bond acceptors (Lipinski definition) is 4. The molecule has 2 aliphatic heterocycles. The molecule has 22 heavy (non-hydrogen) atoms. The Bertz CT molecular complexity index is 784. The van der Waals surface area contributed by atoms with Crippen molar-refractivity contribution in [1.82, 2.24) is 4.90 Å². The maximum atomic E-state index is 12.7. The predicted octanol–water partition coefficient (Wildman–Crippen LogP) is 1.93. The SMILES string of the molecule is [2H][C@@]12CCC(=O)C3Oc4c(OC)ccc5c4[C@@]31CCN(C)[C@]2([2H])C5. The zero-order chi connectivity index (χ0) is 16.9. The highest BCUT2D eigenvalue weighted by Crippen LogP contribution is 2.62. The van der Waals surface area contributed by atoms with Crippen molar-refractivity contribution >= 4 is 5.78 Å². The molecule has 116 valence electrons. The first kappa shape index (κ1) is 11.1. The van der Waals surface area contributed by atoms with Crippen LogP contribution in [0.1, 0.15) is 33.1 Å². The number of carbonyl (C=O) groups is 1. The zero-order valence-corrected chi connectivity index (χ0v) is 12.9. The largest absolute Gasteiger partial charge is 0.493 e. The fourth-order valence-electron chi connectivity index (χ4n) is 5.06. The minimum absolute atomic E-state index is 0.0656. The standard InChI is InChI=1S/C18H21NO3/c1-19-8-7-18-11-4-5-13(20)17(18)22-16-14(21-2)6-3-10(15(16)18)9-12(11)19/h3,6,11-12,17H,4-5,7-9H2,1-2H3/t11-,12+,17?,18-/m0/s1/i11D,12D. The summed E-state index contributed by atoms with van der Waals surface area (Å²) in [4.78, 5) is 14.7. The molecule has 0 radical (unpaired) electrons. The predicted molar refractivity (Wildman–Crippen MR) is 81.6 cm³/mol. The third-order valence-corrected chi connectivity index (χ3v) is 6.02. The van der Waals surface area contributed by atoms with E-state index in [9.17, 15) is 7.54 Å². The number of ketones is 1. The van der Waals surface area contributed by atoms with E-state index in [1.807, 2.05) is 24.1 Å². The second-order valence-electron chi connectivity index (χ2n) is 6.84. The van der Waals surface area contributed by atoms with Gasteiger partial charge in [0.15, 0.2) is 23.4 Å². The molecule has 5 rings (SSSR count). The summed E-state index contributed by atoms with van der Waals surface area (Å²) < 4.78 is 30.3. The molecule has 0 aromatic heterocycles. The van der Waals surface area contributed by atoms with Crippen molar-refractivity contribution in [2.45, 2.75) is 43.2 Å². The monoisotopic (exact) mass is 301 g/mol. The molecule has 4 nitrogen and oxygen atoms in total. The van der Waals surface area contributed by atoms with Crippen LogP contribution in [-0.4, -0.2) is 43.5 Å². The molecule has 2 heterocycles. The molecule has 1 unspecified atom stereocenters. The van der Waals surface area contributed by atoms with Gasteiger partial charge in [-0.1, -0.05) is 6.07 Å². The Balaban J connectivity index is 1.89. The van der Waals surface area contributed by atoms with Crippen molar-refractivity contribution in [2.24, 2.45) is 5.89 Å². The first-order valence-corrected chi connectivity index (χ1v) is 8.00. The number of piperidine rings is 1. The Morgan fingerprint density at radius 1 is 1.50 bits per heavy atom.